The lowest BCUT2D eigenvalue weighted by atomic mass is 10.2. The zero-order valence-electron chi connectivity index (χ0n) is 9.58. The van der Waals surface area contributed by atoms with Crippen LogP contribution < -0.4 is 11.1 Å². The lowest BCUT2D eigenvalue weighted by molar-refractivity contribution is 0.102. The van der Waals surface area contributed by atoms with E-state index >= 15 is 0 Å². The first-order valence-electron chi connectivity index (χ1n) is 5.29. The van der Waals surface area contributed by atoms with Crippen molar-refractivity contribution in [3.8, 4) is 0 Å². The van der Waals surface area contributed by atoms with Gasteiger partial charge in [-0.1, -0.05) is 23.2 Å². The van der Waals surface area contributed by atoms with E-state index in [1.807, 2.05) is 0 Å². The molecule has 2 aromatic rings. The molecule has 0 aliphatic heterocycles. The predicted molar refractivity (Wildman–Crippen MR) is 75.2 cm³/mol. The zero-order chi connectivity index (χ0) is 14.0. The maximum atomic E-state index is 13.2. The van der Waals surface area contributed by atoms with Crippen molar-refractivity contribution in [2.24, 2.45) is 0 Å². The molecule has 1 amide bonds. The van der Waals surface area contributed by atoms with Gasteiger partial charge < -0.3 is 11.1 Å². The van der Waals surface area contributed by atoms with Gasteiger partial charge in [0, 0.05) is 11.3 Å². The third kappa shape index (κ3) is 3.16. The molecule has 98 valence electrons. The third-order valence-corrected chi connectivity index (χ3v) is 3.09. The van der Waals surface area contributed by atoms with Gasteiger partial charge in [-0.15, -0.1) is 0 Å². The zero-order valence-corrected chi connectivity index (χ0v) is 11.1. The number of hydrogen-bond acceptors (Lipinski definition) is 2. The summed E-state index contributed by atoms with van der Waals surface area (Å²) >= 11 is 11.3. The van der Waals surface area contributed by atoms with Gasteiger partial charge in [-0.05, 0) is 36.4 Å². The van der Waals surface area contributed by atoms with Crippen LogP contribution in [0.25, 0.3) is 0 Å². The average molecular weight is 299 g/mol. The Balaban J connectivity index is 2.20. The number of nitrogens with two attached hydrogens (primary N) is 1. The molecular formula is C13H9Cl2FN2O. The summed E-state index contributed by atoms with van der Waals surface area (Å²) in [4.78, 5) is 11.9. The molecule has 3 N–H and O–H groups in total. The third-order valence-electron chi connectivity index (χ3n) is 2.44. The monoisotopic (exact) mass is 298 g/mol. The van der Waals surface area contributed by atoms with Crippen LogP contribution >= 0.6 is 23.2 Å². The molecule has 0 atom stereocenters. The van der Waals surface area contributed by atoms with Crippen LogP contribution in [-0.4, -0.2) is 5.91 Å². The summed E-state index contributed by atoms with van der Waals surface area (Å²) in [6, 6.07) is 8.50. The van der Waals surface area contributed by atoms with Crippen LogP contribution in [0.4, 0.5) is 15.8 Å². The van der Waals surface area contributed by atoms with E-state index in [-0.39, 0.29) is 10.6 Å². The number of halogens is 3. The predicted octanol–water partition coefficient (Wildman–Crippen LogP) is 3.97. The topological polar surface area (TPSA) is 55.1 Å². The second kappa shape index (κ2) is 5.47. The molecule has 0 spiro atoms. The van der Waals surface area contributed by atoms with E-state index in [1.165, 1.54) is 18.2 Å². The normalized spacial score (nSPS) is 10.3. The fourth-order valence-corrected chi connectivity index (χ4v) is 1.70. The van der Waals surface area contributed by atoms with Gasteiger partial charge >= 0.3 is 0 Å². The summed E-state index contributed by atoms with van der Waals surface area (Å²) in [6.07, 6.45) is 0. The molecule has 0 aliphatic rings. The molecule has 3 nitrogen and oxygen atoms in total. The first-order chi connectivity index (χ1) is 8.97. The smallest absolute Gasteiger partial charge is 0.255 e. The summed E-state index contributed by atoms with van der Waals surface area (Å²) < 4.78 is 13.2. The fourth-order valence-electron chi connectivity index (χ4n) is 1.46. The largest absolute Gasteiger partial charge is 0.397 e. The van der Waals surface area contributed by atoms with Crippen LogP contribution in [0.2, 0.25) is 10.0 Å². The Morgan fingerprint density at radius 3 is 2.42 bits per heavy atom. The molecule has 2 rings (SSSR count). The van der Waals surface area contributed by atoms with Crippen molar-refractivity contribution in [2.75, 3.05) is 11.1 Å². The Morgan fingerprint density at radius 2 is 1.79 bits per heavy atom. The highest BCUT2D eigenvalue weighted by Crippen LogP contribution is 2.23. The van der Waals surface area contributed by atoms with Crippen LogP contribution in [0.3, 0.4) is 0 Å². The Bertz CT molecular complexity index is 647. The number of nitrogens with one attached hydrogen (secondary N) is 1. The van der Waals surface area contributed by atoms with Crippen LogP contribution in [0.5, 0.6) is 0 Å². The Hall–Kier alpha value is -1.78. The van der Waals surface area contributed by atoms with Gasteiger partial charge in [0.25, 0.3) is 5.91 Å². The molecule has 0 fully saturated rings. The van der Waals surface area contributed by atoms with Crippen LogP contribution in [0, 0.1) is 5.82 Å². The molecule has 6 heteroatoms. The number of carbonyl (C=O) groups excluding carboxylic acids is 1. The number of anilines is 2. The lowest BCUT2D eigenvalue weighted by Gasteiger charge is -2.07. The van der Waals surface area contributed by atoms with Gasteiger partial charge in [0.15, 0.2) is 0 Å². The highest BCUT2D eigenvalue weighted by atomic mass is 35.5. The summed E-state index contributed by atoms with van der Waals surface area (Å²) in [5.74, 6) is -1.11. The molecule has 0 aromatic heterocycles. The minimum Gasteiger partial charge on any atom is -0.397 e. The van der Waals surface area contributed by atoms with Crippen molar-refractivity contribution in [3.63, 3.8) is 0 Å². The summed E-state index contributed by atoms with van der Waals surface area (Å²) in [7, 11) is 0. The fraction of sp³-hybridized carbons (Fsp3) is 0. The van der Waals surface area contributed by atoms with E-state index < -0.39 is 11.7 Å². The van der Waals surface area contributed by atoms with Gasteiger partial charge in [0.2, 0.25) is 0 Å². The van der Waals surface area contributed by atoms with E-state index in [2.05, 4.69) is 5.32 Å². The molecule has 0 saturated heterocycles. The Morgan fingerprint density at radius 1 is 1.11 bits per heavy atom. The number of hydrogen-bond donors (Lipinski definition) is 2. The number of carbonyl (C=O) groups is 1. The van der Waals surface area contributed by atoms with E-state index in [1.54, 1.807) is 12.1 Å². The molecule has 0 unspecified atom stereocenters. The minimum atomic E-state index is -0.648. The number of rotatable bonds is 2. The summed E-state index contributed by atoms with van der Waals surface area (Å²) in [5.41, 5.74) is 6.60. The van der Waals surface area contributed by atoms with E-state index in [0.29, 0.717) is 16.4 Å². The lowest BCUT2D eigenvalue weighted by Crippen LogP contribution is -2.12. The van der Waals surface area contributed by atoms with E-state index in [9.17, 15) is 9.18 Å². The quantitative estimate of drug-likeness (QED) is 0.824. The molecule has 19 heavy (non-hydrogen) atoms. The van der Waals surface area contributed by atoms with Crippen molar-refractivity contribution in [3.05, 3.63) is 57.8 Å². The Kier molecular flexibility index (Phi) is 3.93. The van der Waals surface area contributed by atoms with Gasteiger partial charge in [-0.3, -0.25) is 4.79 Å². The molecular weight excluding hydrogens is 290 g/mol. The van der Waals surface area contributed by atoms with Crippen LogP contribution in [-0.2, 0) is 0 Å². The number of amides is 1. The van der Waals surface area contributed by atoms with Crippen molar-refractivity contribution in [1.29, 1.82) is 0 Å². The maximum absolute atomic E-state index is 13.2. The van der Waals surface area contributed by atoms with Crippen molar-refractivity contribution in [2.45, 2.75) is 0 Å². The Labute approximate surface area is 119 Å². The van der Waals surface area contributed by atoms with Crippen molar-refractivity contribution >= 4 is 40.5 Å². The van der Waals surface area contributed by atoms with Gasteiger partial charge in [-0.25, -0.2) is 4.39 Å². The van der Waals surface area contributed by atoms with Crippen molar-refractivity contribution < 1.29 is 9.18 Å². The molecule has 0 aliphatic carbocycles. The first-order valence-corrected chi connectivity index (χ1v) is 6.04. The minimum absolute atomic E-state index is 0.0349. The molecule has 0 radical (unpaired) electrons. The summed E-state index contributed by atoms with van der Waals surface area (Å²) in [6.45, 7) is 0. The second-order valence-corrected chi connectivity index (χ2v) is 4.63. The molecule has 0 heterocycles. The van der Waals surface area contributed by atoms with Crippen LogP contribution in [0.1, 0.15) is 10.4 Å². The molecule has 2 aromatic carbocycles. The first kappa shape index (κ1) is 13.6. The average Bonchev–Trinajstić information content (AvgIpc) is 2.37. The SMILES string of the molecule is Nc1cc(NC(=O)c2ccc(Cl)c(F)c2)ccc1Cl. The van der Waals surface area contributed by atoms with Gasteiger partial charge in [0.1, 0.15) is 5.82 Å². The highest BCUT2D eigenvalue weighted by molar-refractivity contribution is 6.33. The van der Waals surface area contributed by atoms with E-state index in [4.69, 9.17) is 28.9 Å². The van der Waals surface area contributed by atoms with Crippen molar-refractivity contribution in [1.82, 2.24) is 0 Å². The van der Waals surface area contributed by atoms with Gasteiger partial charge in [-0.2, -0.15) is 0 Å². The maximum Gasteiger partial charge on any atom is 0.255 e. The molecule has 0 saturated carbocycles. The number of nitrogen functional groups attached to an aromatic ring is 1. The number of benzene rings is 2. The van der Waals surface area contributed by atoms with E-state index in [0.717, 1.165) is 6.07 Å². The molecule has 0 bridgehead atoms. The van der Waals surface area contributed by atoms with Crippen LogP contribution in [0.15, 0.2) is 36.4 Å². The second-order valence-electron chi connectivity index (χ2n) is 3.82. The summed E-state index contributed by atoms with van der Waals surface area (Å²) in [5, 5.41) is 2.95. The standard InChI is InChI=1S/C13H9Cl2FN2O/c14-9-3-1-7(5-11(9)16)13(19)18-8-2-4-10(15)12(17)6-8/h1-6H,17H2,(H,18,19). The highest BCUT2D eigenvalue weighted by Gasteiger charge is 2.09. The van der Waals surface area contributed by atoms with Gasteiger partial charge in [0.05, 0.1) is 15.7 Å².